The third kappa shape index (κ3) is 4.32. The molecule has 0 heterocycles. The molecule has 100 valence electrons. The maximum Gasteiger partial charge on any atom is 0.220 e. The van der Waals surface area contributed by atoms with Gasteiger partial charge in [0.15, 0.2) is 0 Å². The lowest BCUT2D eigenvalue weighted by atomic mass is 9.82. The molecule has 18 heavy (non-hydrogen) atoms. The van der Waals surface area contributed by atoms with Crippen LogP contribution in [0.5, 0.6) is 0 Å². The van der Waals surface area contributed by atoms with E-state index in [1.165, 1.54) is 11.1 Å². The van der Waals surface area contributed by atoms with Gasteiger partial charge in [-0.3, -0.25) is 4.79 Å². The lowest BCUT2D eigenvalue weighted by Gasteiger charge is -2.27. The van der Waals surface area contributed by atoms with Crippen molar-refractivity contribution in [2.45, 2.75) is 32.6 Å². The number of carbonyl (C=O) groups excluding carboxylic acids is 1. The second-order valence-corrected chi connectivity index (χ2v) is 6.46. The highest BCUT2D eigenvalue weighted by atomic mass is 79.9. The molecular formula is C14H20BrNOS. The van der Waals surface area contributed by atoms with Gasteiger partial charge in [-0.15, -0.1) is 0 Å². The normalized spacial score (nSPS) is 11.4. The SMILES string of the molecule is Cc1ccc(Br)cc1C(C)(C)CNC(=O)CCS. The molecule has 0 aliphatic carbocycles. The van der Waals surface area contributed by atoms with Crippen molar-refractivity contribution in [1.82, 2.24) is 5.32 Å². The van der Waals surface area contributed by atoms with Crippen LogP contribution in [-0.4, -0.2) is 18.2 Å². The van der Waals surface area contributed by atoms with Crippen molar-refractivity contribution in [3.8, 4) is 0 Å². The van der Waals surface area contributed by atoms with Crippen LogP contribution in [0.25, 0.3) is 0 Å². The van der Waals surface area contributed by atoms with E-state index in [-0.39, 0.29) is 11.3 Å². The number of aryl methyl sites for hydroxylation is 1. The third-order valence-corrected chi connectivity index (χ3v) is 3.71. The number of amides is 1. The van der Waals surface area contributed by atoms with Crippen LogP contribution in [-0.2, 0) is 10.2 Å². The van der Waals surface area contributed by atoms with E-state index in [4.69, 9.17) is 0 Å². The van der Waals surface area contributed by atoms with Crippen LogP contribution in [0.2, 0.25) is 0 Å². The van der Waals surface area contributed by atoms with E-state index in [0.717, 1.165) is 4.47 Å². The van der Waals surface area contributed by atoms with Crippen LogP contribution in [0.1, 0.15) is 31.4 Å². The Morgan fingerprint density at radius 1 is 1.44 bits per heavy atom. The van der Waals surface area contributed by atoms with Crippen LogP contribution in [0.15, 0.2) is 22.7 Å². The van der Waals surface area contributed by atoms with E-state index in [1.54, 1.807) is 0 Å². The van der Waals surface area contributed by atoms with Crippen molar-refractivity contribution in [1.29, 1.82) is 0 Å². The molecule has 0 atom stereocenters. The Morgan fingerprint density at radius 3 is 2.72 bits per heavy atom. The summed E-state index contributed by atoms with van der Waals surface area (Å²) in [6, 6.07) is 6.26. The minimum atomic E-state index is -0.0832. The summed E-state index contributed by atoms with van der Waals surface area (Å²) >= 11 is 7.55. The standard InChI is InChI=1S/C14H20BrNOS/c1-10-4-5-11(15)8-12(10)14(2,3)9-16-13(17)6-7-18/h4-5,8,18H,6-7,9H2,1-3H3,(H,16,17). The molecule has 1 aromatic rings. The van der Waals surface area contributed by atoms with E-state index in [1.807, 2.05) is 6.07 Å². The number of hydrogen-bond acceptors (Lipinski definition) is 2. The zero-order valence-electron chi connectivity index (χ0n) is 11.1. The smallest absolute Gasteiger partial charge is 0.220 e. The van der Waals surface area contributed by atoms with Crippen molar-refractivity contribution < 1.29 is 4.79 Å². The molecule has 0 aliphatic rings. The Labute approximate surface area is 123 Å². The molecule has 0 fully saturated rings. The highest BCUT2D eigenvalue weighted by molar-refractivity contribution is 9.10. The van der Waals surface area contributed by atoms with Gasteiger partial charge in [0.2, 0.25) is 5.91 Å². The van der Waals surface area contributed by atoms with Crippen molar-refractivity contribution in [3.63, 3.8) is 0 Å². The van der Waals surface area contributed by atoms with E-state index >= 15 is 0 Å². The quantitative estimate of drug-likeness (QED) is 0.796. The lowest BCUT2D eigenvalue weighted by Crippen LogP contribution is -2.37. The number of nitrogens with one attached hydrogen (secondary N) is 1. The maximum absolute atomic E-state index is 11.5. The average molecular weight is 330 g/mol. The van der Waals surface area contributed by atoms with Gasteiger partial charge in [-0.05, 0) is 35.9 Å². The van der Waals surface area contributed by atoms with Crippen molar-refractivity contribution in [2.24, 2.45) is 0 Å². The summed E-state index contributed by atoms with van der Waals surface area (Å²) in [6.07, 6.45) is 0.469. The monoisotopic (exact) mass is 329 g/mol. The minimum Gasteiger partial charge on any atom is -0.355 e. The lowest BCUT2D eigenvalue weighted by molar-refractivity contribution is -0.120. The fourth-order valence-corrected chi connectivity index (χ4v) is 2.49. The Morgan fingerprint density at radius 2 is 2.11 bits per heavy atom. The molecule has 4 heteroatoms. The van der Waals surface area contributed by atoms with Gasteiger partial charge in [0.1, 0.15) is 0 Å². The number of hydrogen-bond donors (Lipinski definition) is 2. The van der Waals surface area contributed by atoms with Gasteiger partial charge < -0.3 is 5.32 Å². The molecule has 0 bridgehead atoms. The van der Waals surface area contributed by atoms with E-state index in [2.05, 4.69) is 66.8 Å². The molecule has 0 saturated heterocycles. The number of halogens is 1. The number of carbonyl (C=O) groups is 1. The first-order chi connectivity index (χ1) is 8.36. The first-order valence-corrected chi connectivity index (χ1v) is 7.43. The van der Waals surface area contributed by atoms with Gasteiger partial charge in [0, 0.05) is 22.9 Å². The summed E-state index contributed by atoms with van der Waals surface area (Å²) in [6.45, 7) is 7.02. The second-order valence-electron chi connectivity index (χ2n) is 5.09. The Hall–Kier alpha value is -0.480. The molecule has 0 saturated carbocycles. The summed E-state index contributed by atoms with van der Waals surface area (Å²) in [5.41, 5.74) is 2.41. The topological polar surface area (TPSA) is 29.1 Å². The maximum atomic E-state index is 11.5. The molecule has 1 aromatic carbocycles. The van der Waals surface area contributed by atoms with Gasteiger partial charge in [-0.1, -0.05) is 35.8 Å². The number of rotatable bonds is 5. The van der Waals surface area contributed by atoms with E-state index in [9.17, 15) is 4.79 Å². The summed E-state index contributed by atoms with van der Waals surface area (Å²) in [4.78, 5) is 11.5. The average Bonchev–Trinajstić information content (AvgIpc) is 2.30. The molecule has 2 nitrogen and oxygen atoms in total. The Kier molecular flexibility index (Phi) is 5.73. The molecule has 0 spiro atoms. The van der Waals surface area contributed by atoms with Crippen molar-refractivity contribution in [3.05, 3.63) is 33.8 Å². The van der Waals surface area contributed by atoms with Gasteiger partial charge in [-0.25, -0.2) is 0 Å². The molecule has 1 amide bonds. The highest BCUT2D eigenvalue weighted by Crippen LogP contribution is 2.28. The Balaban J connectivity index is 2.79. The first kappa shape index (κ1) is 15.6. The second kappa shape index (κ2) is 6.62. The number of thiol groups is 1. The Bertz CT molecular complexity index is 432. The molecule has 1 rings (SSSR count). The summed E-state index contributed by atoms with van der Waals surface area (Å²) < 4.78 is 1.07. The fraction of sp³-hybridized carbons (Fsp3) is 0.500. The molecule has 0 aliphatic heterocycles. The van der Waals surface area contributed by atoms with Gasteiger partial charge in [0.25, 0.3) is 0 Å². The summed E-state index contributed by atoms with van der Waals surface area (Å²) in [5, 5.41) is 2.97. The minimum absolute atomic E-state index is 0.0609. The molecule has 0 unspecified atom stereocenters. The third-order valence-electron chi connectivity index (χ3n) is 3.00. The van der Waals surface area contributed by atoms with Crippen LogP contribution >= 0.6 is 28.6 Å². The fourth-order valence-electron chi connectivity index (χ4n) is 1.93. The van der Waals surface area contributed by atoms with E-state index < -0.39 is 0 Å². The first-order valence-electron chi connectivity index (χ1n) is 6.01. The van der Waals surface area contributed by atoms with Crippen LogP contribution in [0.4, 0.5) is 0 Å². The zero-order chi connectivity index (χ0) is 13.8. The molecule has 0 aromatic heterocycles. The largest absolute Gasteiger partial charge is 0.355 e. The zero-order valence-corrected chi connectivity index (χ0v) is 13.6. The van der Waals surface area contributed by atoms with Gasteiger partial charge in [-0.2, -0.15) is 12.6 Å². The van der Waals surface area contributed by atoms with Crippen molar-refractivity contribution >= 4 is 34.5 Å². The molecular weight excluding hydrogens is 310 g/mol. The van der Waals surface area contributed by atoms with Gasteiger partial charge in [0.05, 0.1) is 0 Å². The van der Waals surface area contributed by atoms with E-state index in [0.29, 0.717) is 18.7 Å². The van der Waals surface area contributed by atoms with Crippen molar-refractivity contribution in [2.75, 3.05) is 12.3 Å². The number of benzene rings is 1. The van der Waals surface area contributed by atoms with Crippen LogP contribution in [0, 0.1) is 6.92 Å². The van der Waals surface area contributed by atoms with Crippen LogP contribution in [0.3, 0.4) is 0 Å². The van der Waals surface area contributed by atoms with Crippen LogP contribution < -0.4 is 5.32 Å². The highest BCUT2D eigenvalue weighted by Gasteiger charge is 2.23. The van der Waals surface area contributed by atoms with Gasteiger partial charge >= 0.3 is 0 Å². The summed E-state index contributed by atoms with van der Waals surface area (Å²) in [7, 11) is 0. The predicted octanol–water partition coefficient (Wildman–Crippen LogP) is 3.47. The predicted molar refractivity (Wildman–Crippen MR) is 83.4 cm³/mol. The summed E-state index contributed by atoms with van der Waals surface area (Å²) in [5.74, 6) is 0.646. The molecule has 0 radical (unpaired) electrons. The molecule has 1 N–H and O–H groups in total.